The van der Waals surface area contributed by atoms with Gasteiger partial charge in [0, 0.05) is 16.3 Å². The third kappa shape index (κ3) is 1.78. The number of rotatable bonds is 1. The van der Waals surface area contributed by atoms with E-state index in [0.717, 1.165) is 22.4 Å². The van der Waals surface area contributed by atoms with Gasteiger partial charge in [0.1, 0.15) is 6.33 Å². The molecular weight excluding hydrogens is 260 g/mol. The monoisotopic (exact) mass is 272 g/mol. The molecule has 0 radical (unpaired) electrons. The summed E-state index contributed by atoms with van der Waals surface area (Å²) in [6.07, 6.45) is 6.69. The van der Waals surface area contributed by atoms with Gasteiger partial charge in [-0.05, 0) is 31.0 Å². The Bertz CT molecular complexity index is 759. The van der Waals surface area contributed by atoms with E-state index in [1.807, 2.05) is 18.2 Å². The second-order valence-electron chi connectivity index (χ2n) is 5.13. The van der Waals surface area contributed by atoms with Crippen LogP contribution in [0.25, 0.3) is 16.6 Å². The molecule has 5 heteroatoms. The Labute approximate surface area is 115 Å². The zero-order valence-corrected chi connectivity index (χ0v) is 11.1. The number of halogens is 1. The molecule has 0 amide bonds. The van der Waals surface area contributed by atoms with E-state index >= 15 is 0 Å². The Morgan fingerprint density at radius 2 is 2.05 bits per heavy atom. The summed E-state index contributed by atoms with van der Waals surface area (Å²) in [6.45, 7) is 0. The summed E-state index contributed by atoms with van der Waals surface area (Å²) in [4.78, 5) is 9.11. The fourth-order valence-electron chi connectivity index (χ4n) is 2.88. The van der Waals surface area contributed by atoms with Crippen molar-refractivity contribution < 1.29 is 0 Å². The number of hydrogen-bond acceptors (Lipinski definition) is 3. The van der Waals surface area contributed by atoms with Gasteiger partial charge in [-0.2, -0.15) is 0 Å². The third-order valence-electron chi connectivity index (χ3n) is 3.87. The van der Waals surface area contributed by atoms with Crippen LogP contribution in [0.2, 0.25) is 5.02 Å². The van der Waals surface area contributed by atoms with E-state index in [-0.39, 0.29) is 0 Å². The van der Waals surface area contributed by atoms with E-state index in [2.05, 4.69) is 10.1 Å². The lowest BCUT2D eigenvalue weighted by Crippen LogP contribution is -1.95. The fourth-order valence-corrected chi connectivity index (χ4v) is 3.05. The van der Waals surface area contributed by atoms with Crippen LogP contribution in [-0.2, 0) is 0 Å². The lowest BCUT2D eigenvalue weighted by atomic mass is 10.1. The molecule has 0 unspecified atom stereocenters. The molecule has 0 atom stereocenters. The molecule has 1 aromatic carbocycles. The van der Waals surface area contributed by atoms with Crippen LogP contribution in [0.4, 0.5) is 0 Å². The van der Waals surface area contributed by atoms with Crippen molar-refractivity contribution in [1.82, 2.24) is 19.6 Å². The Morgan fingerprint density at radius 3 is 2.89 bits per heavy atom. The smallest absolute Gasteiger partial charge is 0.166 e. The van der Waals surface area contributed by atoms with Crippen molar-refractivity contribution in [3.63, 3.8) is 0 Å². The first-order chi connectivity index (χ1) is 9.31. The van der Waals surface area contributed by atoms with Crippen molar-refractivity contribution >= 4 is 28.2 Å². The van der Waals surface area contributed by atoms with E-state index in [1.165, 1.54) is 25.7 Å². The molecule has 4 rings (SSSR count). The lowest BCUT2D eigenvalue weighted by molar-refractivity contribution is 0.665. The Morgan fingerprint density at radius 1 is 1.21 bits per heavy atom. The maximum absolute atomic E-state index is 6.07. The van der Waals surface area contributed by atoms with Gasteiger partial charge < -0.3 is 0 Å². The van der Waals surface area contributed by atoms with Gasteiger partial charge in [-0.3, -0.25) is 0 Å². The molecule has 2 aromatic heterocycles. The van der Waals surface area contributed by atoms with Gasteiger partial charge in [0.05, 0.1) is 5.52 Å². The molecule has 1 aliphatic rings. The number of aromatic nitrogens is 4. The second kappa shape index (κ2) is 4.17. The molecule has 1 fully saturated rings. The van der Waals surface area contributed by atoms with Crippen LogP contribution in [0.1, 0.15) is 37.4 Å². The van der Waals surface area contributed by atoms with Crippen molar-refractivity contribution in [3.8, 4) is 0 Å². The van der Waals surface area contributed by atoms with Crippen LogP contribution < -0.4 is 0 Å². The van der Waals surface area contributed by atoms with Crippen molar-refractivity contribution in [3.05, 3.63) is 35.4 Å². The maximum atomic E-state index is 6.07. The number of nitrogens with zero attached hydrogens (tertiary/aromatic N) is 4. The predicted molar refractivity (Wildman–Crippen MR) is 74.5 cm³/mol. The van der Waals surface area contributed by atoms with E-state index in [4.69, 9.17) is 16.6 Å². The minimum absolute atomic E-state index is 0.508. The zero-order chi connectivity index (χ0) is 12.8. The van der Waals surface area contributed by atoms with Gasteiger partial charge in [0.2, 0.25) is 0 Å². The summed E-state index contributed by atoms with van der Waals surface area (Å²) < 4.78 is 1.77. The molecule has 1 saturated carbocycles. The third-order valence-corrected chi connectivity index (χ3v) is 4.11. The molecule has 0 saturated heterocycles. The fraction of sp³-hybridized carbons (Fsp3) is 0.357. The molecule has 19 heavy (non-hydrogen) atoms. The van der Waals surface area contributed by atoms with Gasteiger partial charge >= 0.3 is 0 Å². The molecular formula is C14H13ClN4. The van der Waals surface area contributed by atoms with Crippen molar-refractivity contribution in [2.75, 3.05) is 0 Å². The average molecular weight is 273 g/mol. The first kappa shape index (κ1) is 11.2. The summed E-state index contributed by atoms with van der Waals surface area (Å²) in [6, 6.07) is 5.68. The van der Waals surface area contributed by atoms with Crippen LogP contribution in [0.5, 0.6) is 0 Å². The molecule has 1 aliphatic carbocycles. The molecule has 2 heterocycles. The number of hydrogen-bond donors (Lipinski definition) is 0. The van der Waals surface area contributed by atoms with Gasteiger partial charge in [0.25, 0.3) is 0 Å². The van der Waals surface area contributed by atoms with Crippen LogP contribution in [0.15, 0.2) is 24.5 Å². The minimum Gasteiger partial charge on any atom is -0.236 e. The maximum Gasteiger partial charge on any atom is 0.166 e. The molecule has 96 valence electrons. The lowest BCUT2D eigenvalue weighted by Gasteiger charge is -2.00. The highest BCUT2D eigenvalue weighted by atomic mass is 35.5. The molecule has 4 nitrogen and oxygen atoms in total. The van der Waals surface area contributed by atoms with E-state index in [9.17, 15) is 0 Å². The van der Waals surface area contributed by atoms with Gasteiger partial charge in [-0.25, -0.2) is 14.5 Å². The second-order valence-corrected chi connectivity index (χ2v) is 5.56. The molecule has 0 N–H and O–H groups in total. The molecule has 0 bridgehead atoms. The van der Waals surface area contributed by atoms with Gasteiger partial charge in [-0.15, -0.1) is 5.10 Å². The number of fused-ring (bicyclic) bond motifs is 3. The number of benzene rings is 1. The Hall–Kier alpha value is -1.68. The highest BCUT2D eigenvalue weighted by Gasteiger charge is 2.22. The van der Waals surface area contributed by atoms with Crippen LogP contribution in [0.3, 0.4) is 0 Å². The molecule has 3 aromatic rings. The quantitative estimate of drug-likeness (QED) is 0.680. The molecule has 0 spiro atoms. The Balaban J connectivity index is 1.96. The van der Waals surface area contributed by atoms with Crippen LogP contribution in [0, 0.1) is 0 Å². The zero-order valence-electron chi connectivity index (χ0n) is 10.4. The summed E-state index contributed by atoms with van der Waals surface area (Å²) in [7, 11) is 0. The van der Waals surface area contributed by atoms with Crippen LogP contribution >= 0.6 is 11.6 Å². The van der Waals surface area contributed by atoms with Crippen LogP contribution in [-0.4, -0.2) is 19.6 Å². The first-order valence-corrected chi connectivity index (χ1v) is 6.99. The standard InChI is InChI=1S/C14H13ClN4/c15-10-5-6-12-11(7-10)14-17-13(9-3-1-2-4-9)18-19(14)8-16-12/h5-9H,1-4H2. The van der Waals surface area contributed by atoms with E-state index in [1.54, 1.807) is 10.8 Å². The Kier molecular flexibility index (Phi) is 2.45. The minimum atomic E-state index is 0.508. The van der Waals surface area contributed by atoms with Gasteiger partial charge in [0.15, 0.2) is 11.5 Å². The highest BCUT2D eigenvalue weighted by molar-refractivity contribution is 6.31. The topological polar surface area (TPSA) is 43.1 Å². The highest BCUT2D eigenvalue weighted by Crippen LogP contribution is 2.33. The summed E-state index contributed by atoms with van der Waals surface area (Å²) in [5.41, 5.74) is 1.76. The predicted octanol–water partition coefficient (Wildman–Crippen LogP) is 3.59. The molecule has 0 aliphatic heterocycles. The SMILES string of the molecule is Clc1ccc2ncn3nc(C4CCCC4)nc3c2c1. The van der Waals surface area contributed by atoms with E-state index in [0.29, 0.717) is 10.9 Å². The van der Waals surface area contributed by atoms with Crippen molar-refractivity contribution in [2.24, 2.45) is 0 Å². The average Bonchev–Trinajstić information content (AvgIpc) is 3.07. The van der Waals surface area contributed by atoms with Crippen molar-refractivity contribution in [1.29, 1.82) is 0 Å². The summed E-state index contributed by atoms with van der Waals surface area (Å²) in [5, 5.41) is 6.24. The van der Waals surface area contributed by atoms with E-state index < -0.39 is 0 Å². The normalized spacial score (nSPS) is 16.7. The largest absolute Gasteiger partial charge is 0.236 e. The van der Waals surface area contributed by atoms with Gasteiger partial charge in [-0.1, -0.05) is 24.4 Å². The summed E-state index contributed by atoms with van der Waals surface area (Å²) >= 11 is 6.07. The van der Waals surface area contributed by atoms with Crippen molar-refractivity contribution in [2.45, 2.75) is 31.6 Å². The first-order valence-electron chi connectivity index (χ1n) is 6.62. The summed E-state index contributed by atoms with van der Waals surface area (Å²) in [5.74, 6) is 1.46.